The lowest BCUT2D eigenvalue weighted by Gasteiger charge is -2.19. The summed E-state index contributed by atoms with van der Waals surface area (Å²) in [6.45, 7) is 5.46. The number of rotatable bonds is 9. The van der Waals surface area contributed by atoms with Crippen LogP contribution in [0.2, 0.25) is 10.0 Å². The number of hydrogen-bond donors (Lipinski definition) is 1. The molecule has 1 nitrogen and oxygen atoms in total. The van der Waals surface area contributed by atoms with Gasteiger partial charge in [0.25, 0.3) is 0 Å². The van der Waals surface area contributed by atoms with Gasteiger partial charge < -0.3 is 5.32 Å². The highest BCUT2D eigenvalue weighted by atomic mass is 35.5. The lowest BCUT2D eigenvalue weighted by molar-refractivity contribution is 0.550. The number of halogens is 2. The zero-order valence-corrected chi connectivity index (χ0v) is 14.0. The first-order chi connectivity index (χ1) is 9.17. The van der Waals surface area contributed by atoms with Crippen LogP contribution in [0.4, 0.5) is 0 Å². The first kappa shape index (κ1) is 17.2. The fourth-order valence-electron chi connectivity index (χ4n) is 1.87. The monoisotopic (exact) mass is 319 g/mol. The van der Waals surface area contributed by atoms with Crippen LogP contribution in [-0.2, 0) is 6.42 Å². The van der Waals surface area contributed by atoms with Crippen LogP contribution in [0.1, 0.15) is 32.3 Å². The van der Waals surface area contributed by atoms with Crippen LogP contribution in [0.3, 0.4) is 0 Å². The van der Waals surface area contributed by atoms with E-state index < -0.39 is 0 Å². The van der Waals surface area contributed by atoms with Gasteiger partial charge in [-0.2, -0.15) is 11.8 Å². The van der Waals surface area contributed by atoms with Gasteiger partial charge in [-0.15, -0.1) is 0 Å². The van der Waals surface area contributed by atoms with Crippen LogP contribution in [0.15, 0.2) is 18.2 Å². The van der Waals surface area contributed by atoms with Gasteiger partial charge in [0.2, 0.25) is 0 Å². The van der Waals surface area contributed by atoms with Crippen molar-refractivity contribution in [2.45, 2.75) is 39.2 Å². The van der Waals surface area contributed by atoms with Gasteiger partial charge in [-0.1, -0.05) is 37.0 Å². The Balaban J connectivity index is 2.61. The molecule has 0 heterocycles. The molecular weight excluding hydrogens is 297 g/mol. The molecule has 4 heteroatoms. The quantitative estimate of drug-likeness (QED) is 0.639. The Kier molecular flexibility index (Phi) is 8.97. The van der Waals surface area contributed by atoms with Crippen molar-refractivity contribution in [1.82, 2.24) is 5.32 Å². The molecule has 0 saturated heterocycles. The highest BCUT2D eigenvalue weighted by Gasteiger charge is 2.11. The SMILES string of the molecule is CCCNC(CSCCC)Cc1cc(Cl)ccc1Cl. The summed E-state index contributed by atoms with van der Waals surface area (Å²) in [5.41, 5.74) is 1.14. The van der Waals surface area contributed by atoms with Crippen molar-refractivity contribution in [3.05, 3.63) is 33.8 Å². The Labute approximate surface area is 131 Å². The van der Waals surface area contributed by atoms with E-state index >= 15 is 0 Å². The maximum absolute atomic E-state index is 6.24. The van der Waals surface area contributed by atoms with E-state index in [9.17, 15) is 0 Å². The maximum atomic E-state index is 6.24. The van der Waals surface area contributed by atoms with Crippen LogP contribution < -0.4 is 5.32 Å². The Morgan fingerprint density at radius 3 is 2.68 bits per heavy atom. The fourth-order valence-corrected chi connectivity index (χ4v) is 3.24. The zero-order chi connectivity index (χ0) is 14.1. The second kappa shape index (κ2) is 9.93. The molecule has 0 saturated carbocycles. The van der Waals surface area contributed by atoms with Gasteiger partial charge in [-0.3, -0.25) is 0 Å². The predicted molar refractivity (Wildman–Crippen MR) is 89.9 cm³/mol. The van der Waals surface area contributed by atoms with E-state index in [-0.39, 0.29) is 0 Å². The minimum absolute atomic E-state index is 0.465. The summed E-state index contributed by atoms with van der Waals surface area (Å²) in [7, 11) is 0. The largest absolute Gasteiger partial charge is 0.313 e. The molecule has 0 spiro atoms. The average molecular weight is 320 g/mol. The summed E-state index contributed by atoms with van der Waals surface area (Å²) in [6, 6.07) is 6.17. The molecule has 1 aromatic carbocycles. The van der Waals surface area contributed by atoms with Gasteiger partial charge in [0.1, 0.15) is 0 Å². The molecule has 0 bridgehead atoms. The van der Waals surface area contributed by atoms with E-state index in [0.717, 1.165) is 40.7 Å². The molecule has 19 heavy (non-hydrogen) atoms. The molecule has 0 aliphatic heterocycles. The molecule has 0 aliphatic carbocycles. The van der Waals surface area contributed by atoms with Crippen LogP contribution in [0.5, 0.6) is 0 Å². The van der Waals surface area contributed by atoms with Crippen molar-refractivity contribution in [3.8, 4) is 0 Å². The van der Waals surface area contributed by atoms with Gasteiger partial charge in [-0.05, 0) is 55.3 Å². The van der Waals surface area contributed by atoms with Crippen molar-refractivity contribution in [2.24, 2.45) is 0 Å². The summed E-state index contributed by atoms with van der Waals surface area (Å²) in [6.07, 6.45) is 3.32. The second-order valence-electron chi connectivity index (χ2n) is 4.67. The standard InChI is InChI=1S/C15H23Cl2NS/c1-3-7-18-14(11-19-8-4-2)10-12-9-13(16)5-6-15(12)17/h5-6,9,14,18H,3-4,7-8,10-11H2,1-2H3. The van der Waals surface area contributed by atoms with Gasteiger partial charge >= 0.3 is 0 Å². The normalized spacial score (nSPS) is 12.6. The molecule has 1 aromatic rings. The Morgan fingerprint density at radius 2 is 2.00 bits per heavy atom. The Bertz CT molecular complexity index is 371. The van der Waals surface area contributed by atoms with E-state index in [4.69, 9.17) is 23.2 Å². The molecule has 0 fully saturated rings. The van der Waals surface area contributed by atoms with E-state index in [2.05, 4.69) is 19.2 Å². The first-order valence-electron chi connectivity index (χ1n) is 6.92. The van der Waals surface area contributed by atoms with Crippen molar-refractivity contribution in [1.29, 1.82) is 0 Å². The van der Waals surface area contributed by atoms with E-state index in [1.54, 1.807) is 0 Å². The molecule has 1 N–H and O–H groups in total. The van der Waals surface area contributed by atoms with Gasteiger partial charge in [0.05, 0.1) is 0 Å². The van der Waals surface area contributed by atoms with E-state index in [0.29, 0.717) is 6.04 Å². The third-order valence-electron chi connectivity index (χ3n) is 2.82. The third kappa shape index (κ3) is 6.89. The van der Waals surface area contributed by atoms with Crippen molar-refractivity contribution < 1.29 is 0 Å². The number of thioether (sulfide) groups is 1. The lowest BCUT2D eigenvalue weighted by Crippen LogP contribution is -2.34. The lowest BCUT2D eigenvalue weighted by atomic mass is 10.1. The smallest absolute Gasteiger partial charge is 0.0439 e. The summed E-state index contributed by atoms with van der Waals surface area (Å²) < 4.78 is 0. The van der Waals surface area contributed by atoms with Crippen LogP contribution in [0, 0.1) is 0 Å². The van der Waals surface area contributed by atoms with Crippen LogP contribution >= 0.6 is 35.0 Å². The number of benzene rings is 1. The molecule has 1 unspecified atom stereocenters. The minimum atomic E-state index is 0.465. The number of nitrogens with one attached hydrogen (secondary N) is 1. The highest BCUT2D eigenvalue weighted by molar-refractivity contribution is 7.99. The third-order valence-corrected chi connectivity index (χ3v) is 4.76. The van der Waals surface area contributed by atoms with Gasteiger partial charge in [-0.25, -0.2) is 0 Å². The molecule has 108 valence electrons. The van der Waals surface area contributed by atoms with Gasteiger partial charge in [0, 0.05) is 21.8 Å². The molecule has 0 aliphatic rings. The molecule has 0 radical (unpaired) electrons. The zero-order valence-electron chi connectivity index (χ0n) is 11.7. The van der Waals surface area contributed by atoms with Crippen molar-refractivity contribution in [3.63, 3.8) is 0 Å². The van der Waals surface area contributed by atoms with Gasteiger partial charge in [0.15, 0.2) is 0 Å². The van der Waals surface area contributed by atoms with Crippen LogP contribution in [0.25, 0.3) is 0 Å². The van der Waals surface area contributed by atoms with Crippen molar-refractivity contribution in [2.75, 3.05) is 18.1 Å². The summed E-state index contributed by atoms with van der Waals surface area (Å²) >= 11 is 14.3. The van der Waals surface area contributed by atoms with Crippen LogP contribution in [-0.4, -0.2) is 24.1 Å². The minimum Gasteiger partial charge on any atom is -0.313 e. The van der Waals surface area contributed by atoms with Crippen molar-refractivity contribution >= 4 is 35.0 Å². The molecule has 1 atom stereocenters. The topological polar surface area (TPSA) is 12.0 Å². The summed E-state index contributed by atoms with van der Waals surface area (Å²) in [5, 5.41) is 5.17. The molecular formula is C15H23Cl2NS. The second-order valence-corrected chi connectivity index (χ2v) is 6.66. The van der Waals surface area contributed by atoms with E-state index in [1.807, 2.05) is 30.0 Å². The molecule has 0 aromatic heterocycles. The fraction of sp³-hybridized carbons (Fsp3) is 0.600. The average Bonchev–Trinajstić information content (AvgIpc) is 2.40. The van der Waals surface area contributed by atoms with E-state index in [1.165, 1.54) is 12.2 Å². The molecule has 1 rings (SSSR count). The predicted octanol–water partition coefficient (Wildman–Crippen LogP) is 5.05. The Hall–Kier alpha value is 0.110. The maximum Gasteiger partial charge on any atom is 0.0439 e. The Morgan fingerprint density at radius 1 is 1.21 bits per heavy atom. The number of hydrogen-bond acceptors (Lipinski definition) is 2. The summed E-state index contributed by atoms with van der Waals surface area (Å²) in [4.78, 5) is 0. The molecule has 0 amide bonds. The first-order valence-corrected chi connectivity index (χ1v) is 8.83. The summed E-state index contributed by atoms with van der Waals surface area (Å²) in [5.74, 6) is 2.34. The highest BCUT2D eigenvalue weighted by Crippen LogP contribution is 2.22.